The average Bonchev–Trinajstić information content (AvgIpc) is 3.67. The normalized spacial score (nSPS) is 25.5. The third-order valence-corrected chi connectivity index (χ3v) is 8.61. The minimum atomic E-state index is -1.01. The number of carbonyl (C=O) groups excluding carboxylic acids is 2. The third kappa shape index (κ3) is 3.75. The summed E-state index contributed by atoms with van der Waals surface area (Å²) in [6.07, 6.45) is 0. The topological polar surface area (TPSA) is 134 Å². The molecule has 4 heterocycles. The molecule has 2 aromatic carbocycles. The van der Waals surface area contributed by atoms with Crippen LogP contribution in [-0.4, -0.2) is 99.2 Å². The highest BCUT2D eigenvalue weighted by Crippen LogP contribution is 2.57. The lowest BCUT2D eigenvalue weighted by atomic mass is 9.56. The number of aliphatic hydroxyl groups is 1. The van der Waals surface area contributed by atoms with Gasteiger partial charge in [-0.3, -0.25) is 9.59 Å². The lowest BCUT2D eigenvalue weighted by molar-refractivity contribution is -0.145. The smallest absolute Gasteiger partial charge is 0.272 e. The lowest BCUT2D eigenvalue weighted by Crippen LogP contribution is -2.61. The van der Waals surface area contributed by atoms with Gasteiger partial charge in [0, 0.05) is 55.6 Å². The molecule has 3 fully saturated rings. The molecule has 2 amide bonds. The Kier molecular flexibility index (Phi) is 5.53. The van der Waals surface area contributed by atoms with E-state index in [0.717, 1.165) is 5.39 Å². The Morgan fingerprint density at radius 2 is 1.77 bits per heavy atom. The predicted molar refractivity (Wildman–Crippen MR) is 140 cm³/mol. The van der Waals surface area contributed by atoms with Crippen molar-refractivity contribution in [3.8, 4) is 5.75 Å². The Morgan fingerprint density at radius 1 is 0.974 bits per heavy atom. The van der Waals surface area contributed by atoms with Crippen LogP contribution in [0, 0.1) is 17.8 Å². The van der Waals surface area contributed by atoms with Gasteiger partial charge >= 0.3 is 0 Å². The number of nitrogens with one attached hydrogen (secondary N) is 1. The molecule has 0 bridgehead atoms. The summed E-state index contributed by atoms with van der Waals surface area (Å²) in [5, 5.41) is 23.1. The SMILES string of the molecule is COCCOc1cc(C(=O)N2CC3[C@H]4CN(C(=O)c5ccc6n[nH]nc6c5)C[C@H]4C3(O)C2)nc2ccccc12. The summed E-state index contributed by atoms with van der Waals surface area (Å²) in [7, 11) is 1.61. The monoisotopic (exact) mass is 528 g/mol. The van der Waals surface area contributed by atoms with Gasteiger partial charge in [-0.05, 0) is 36.2 Å². The second-order valence-corrected chi connectivity index (χ2v) is 10.7. The molecule has 39 heavy (non-hydrogen) atoms. The van der Waals surface area contributed by atoms with Crippen molar-refractivity contribution < 1.29 is 24.2 Å². The van der Waals surface area contributed by atoms with Gasteiger partial charge < -0.3 is 24.4 Å². The molecule has 1 aliphatic carbocycles. The molecule has 2 unspecified atom stereocenters. The maximum atomic E-state index is 13.6. The average molecular weight is 529 g/mol. The molecule has 2 aliphatic heterocycles. The van der Waals surface area contributed by atoms with Crippen molar-refractivity contribution in [2.24, 2.45) is 17.8 Å². The Hall–Kier alpha value is -4.09. The Balaban J connectivity index is 1.07. The highest BCUT2D eigenvalue weighted by molar-refractivity contribution is 5.98. The molecule has 11 nitrogen and oxygen atoms in total. The number of ether oxygens (including phenoxy) is 2. The van der Waals surface area contributed by atoms with Crippen LogP contribution in [0.4, 0.5) is 0 Å². The van der Waals surface area contributed by atoms with Gasteiger partial charge in [0.05, 0.1) is 24.3 Å². The largest absolute Gasteiger partial charge is 0.490 e. The van der Waals surface area contributed by atoms with Crippen LogP contribution in [0.1, 0.15) is 20.8 Å². The number of aromatic amines is 1. The zero-order valence-corrected chi connectivity index (χ0v) is 21.4. The molecular weight excluding hydrogens is 500 g/mol. The van der Waals surface area contributed by atoms with E-state index >= 15 is 0 Å². The number of fused-ring (bicyclic) bond motifs is 6. The summed E-state index contributed by atoms with van der Waals surface area (Å²) < 4.78 is 11.0. The molecule has 3 aliphatic rings. The molecular formula is C28H28N6O5. The first-order chi connectivity index (χ1) is 19.0. The minimum Gasteiger partial charge on any atom is -0.490 e. The molecule has 200 valence electrons. The van der Waals surface area contributed by atoms with Crippen LogP contribution in [0.25, 0.3) is 21.9 Å². The van der Waals surface area contributed by atoms with E-state index < -0.39 is 5.60 Å². The highest BCUT2D eigenvalue weighted by Gasteiger charge is 2.68. The number of pyridine rings is 1. The van der Waals surface area contributed by atoms with E-state index in [1.807, 2.05) is 29.2 Å². The molecule has 0 spiro atoms. The zero-order valence-electron chi connectivity index (χ0n) is 21.4. The quantitative estimate of drug-likeness (QED) is 0.362. The number of para-hydroxylation sites is 1. The van der Waals surface area contributed by atoms with E-state index in [1.165, 1.54) is 0 Å². The minimum absolute atomic E-state index is 0.0717. The molecule has 4 atom stereocenters. The van der Waals surface area contributed by atoms with Crippen LogP contribution >= 0.6 is 0 Å². The second-order valence-electron chi connectivity index (χ2n) is 10.7. The van der Waals surface area contributed by atoms with E-state index in [9.17, 15) is 14.7 Å². The number of carbonyl (C=O) groups is 2. The van der Waals surface area contributed by atoms with Crippen LogP contribution in [-0.2, 0) is 4.74 Å². The third-order valence-electron chi connectivity index (χ3n) is 8.61. The number of nitrogens with zero attached hydrogens (tertiary/aromatic N) is 5. The van der Waals surface area contributed by atoms with Gasteiger partial charge in [0.15, 0.2) is 0 Å². The summed E-state index contributed by atoms with van der Waals surface area (Å²) in [6, 6.07) is 14.5. The van der Waals surface area contributed by atoms with Gasteiger partial charge in [-0.15, -0.1) is 0 Å². The summed E-state index contributed by atoms with van der Waals surface area (Å²) in [6.45, 7) is 2.45. The van der Waals surface area contributed by atoms with Gasteiger partial charge in [-0.25, -0.2) is 4.98 Å². The van der Waals surface area contributed by atoms with E-state index in [2.05, 4.69) is 20.4 Å². The molecule has 4 aromatic rings. The van der Waals surface area contributed by atoms with Gasteiger partial charge in [0.2, 0.25) is 0 Å². The molecule has 1 saturated carbocycles. The fraction of sp³-hybridized carbons (Fsp3) is 0.393. The van der Waals surface area contributed by atoms with E-state index in [1.54, 1.807) is 36.3 Å². The summed E-state index contributed by atoms with van der Waals surface area (Å²) in [5.74, 6) is 0.261. The van der Waals surface area contributed by atoms with E-state index in [-0.39, 0.29) is 41.8 Å². The van der Waals surface area contributed by atoms with Crippen molar-refractivity contribution in [1.29, 1.82) is 0 Å². The first-order valence-corrected chi connectivity index (χ1v) is 13.1. The fourth-order valence-corrected chi connectivity index (χ4v) is 6.67. The number of hydrogen-bond acceptors (Lipinski definition) is 8. The molecule has 0 radical (unpaired) electrons. The van der Waals surface area contributed by atoms with Crippen LogP contribution in [0.3, 0.4) is 0 Å². The van der Waals surface area contributed by atoms with Crippen molar-refractivity contribution in [2.75, 3.05) is 46.5 Å². The van der Waals surface area contributed by atoms with Gasteiger partial charge in [-0.2, -0.15) is 15.4 Å². The highest BCUT2D eigenvalue weighted by atomic mass is 16.5. The molecule has 2 saturated heterocycles. The standard InChI is InChI=1S/C28H28N6O5/c1-38-8-9-39-25-11-24(29-21-5-3-2-4-17(21)25)27(36)34-14-20-18-12-33(13-19(18)28(20,37)15-34)26(35)16-6-7-22-23(10-16)31-32-30-22/h2-7,10-11,18-20,37H,8-9,12-15H2,1H3,(H,30,31,32)/t18-,19+,20?,28?/m0/s1. The summed E-state index contributed by atoms with van der Waals surface area (Å²) >= 11 is 0. The summed E-state index contributed by atoms with van der Waals surface area (Å²) in [5.41, 5.74) is 1.85. The Morgan fingerprint density at radius 3 is 2.62 bits per heavy atom. The number of aromatic nitrogens is 4. The van der Waals surface area contributed by atoms with E-state index in [4.69, 9.17) is 9.47 Å². The Bertz CT molecular complexity index is 1610. The van der Waals surface area contributed by atoms with Crippen LogP contribution in [0.2, 0.25) is 0 Å². The van der Waals surface area contributed by atoms with Crippen molar-refractivity contribution in [3.05, 3.63) is 59.8 Å². The van der Waals surface area contributed by atoms with Gasteiger partial charge in [0.25, 0.3) is 11.8 Å². The first kappa shape index (κ1) is 24.0. The van der Waals surface area contributed by atoms with Crippen LogP contribution in [0.5, 0.6) is 5.75 Å². The van der Waals surface area contributed by atoms with Gasteiger partial charge in [0.1, 0.15) is 29.1 Å². The van der Waals surface area contributed by atoms with Crippen molar-refractivity contribution >= 4 is 33.8 Å². The van der Waals surface area contributed by atoms with Crippen molar-refractivity contribution in [1.82, 2.24) is 30.2 Å². The molecule has 7 rings (SSSR count). The number of H-pyrrole nitrogens is 1. The van der Waals surface area contributed by atoms with Crippen molar-refractivity contribution in [2.45, 2.75) is 5.60 Å². The number of amides is 2. The maximum Gasteiger partial charge on any atom is 0.272 e. The molecule has 2 aromatic heterocycles. The lowest BCUT2D eigenvalue weighted by Gasteiger charge is -2.50. The number of hydrogen-bond donors (Lipinski definition) is 2. The number of β-amino-alcohol motifs (C(OH)–C–C–N with tert-alkyl or cyclic N) is 1. The van der Waals surface area contributed by atoms with Crippen molar-refractivity contribution in [3.63, 3.8) is 0 Å². The zero-order chi connectivity index (χ0) is 26.7. The Labute approximate surface area is 223 Å². The molecule has 11 heteroatoms. The number of methoxy groups -OCH3 is 1. The number of benzene rings is 2. The van der Waals surface area contributed by atoms with Crippen LogP contribution < -0.4 is 4.74 Å². The molecule has 2 N–H and O–H groups in total. The first-order valence-electron chi connectivity index (χ1n) is 13.1. The van der Waals surface area contributed by atoms with Gasteiger partial charge in [-0.1, -0.05) is 12.1 Å². The van der Waals surface area contributed by atoms with Crippen LogP contribution in [0.15, 0.2) is 48.5 Å². The predicted octanol–water partition coefficient (Wildman–Crippen LogP) is 1.74. The fourth-order valence-electron chi connectivity index (χ4n) is 6.67. The summed E-state index contributed by atoms with van der Waals surface area (Å²) in [4.78, 5) is 35.0. The second kappa shape index (κ2) is 8.99. The number of likely N-dealkylation sites (tertiary alicyclic amines) is 2. The maximum absolute atomic E-state index is 13.6. The number of rotatable bonds is 6. The van der Waals surface area contributed by atoms with E-state index in [0.29, 0.717) is 60.7 Å².